The molecule has 0 bridgehead atoms. The van der Waals surface area contributed by atoms with E-state index in [0.29, 0.717) is 10.7 Å². The Morgan fingerprint density at radius 3 is 2.62 bits per heavy atom. The van der Waals surface area contributed by atoms with Crippen LogP contribution in [0.15, 0.2) is 12.1 Å². The summed E-state index contributed by atoms with van der Waals surface area (Å²) in [5.41, 5.74) is 2.28. The molecule has 1 aromatic rings. The molecule has 1 aromatic carbocycles. The summed E-state index contributed by atoms with van der Waals surface area (Å²) in [6.45, 7) is 5.35. The third-order valence-electron chi connectivity index (χ3n) is 3.61. The first-order chi connectivity index (χ1) is 9.88. The minimum atomic E-state index is -0.636. The molecule has 2 unspecified atom stereocenters. The van der Waals surface area contributed by atoms with E-state index in [1.807, 2.05) is 19.9 Å². The maximum atomic E-state index is 12.4. The highest BCUT2D eigenvalue weighted by Crippen LogP contribution is 2.35. The second-order valence-electron chi connectivity index (χ2n) is 5.12. The molecule has 0 aliphatic carbocycles. The van der Waals surface area contributed by atoms with Gasteiger partial charge in [0.05, 0.1) is 5.69 Å². The van der Waals surface area contributed by atoms with E-state index in [2.05, 4.69) is 0 Å². The van der Waals surface area contributed by atoms with Crippen molar-refractivity contribution >= 4 is 29.2 Å². The minimum absolute atomic E-state index is 0.109. The monoisotopic (exact) mass is 311 g/mol. The first kappa shape index (κ1) is 15.8. The molecule has 0 spiro atoms. The Labute approximate surface area is 128 Å². The van der Waals surface area contributed by atoms with Crippen molar-refractivity contribution in [2.75, 3.05) is 18.6 Å². The zero-order valence-corrected chi connectivity index (χ0v) is 13.2. The molecule has 0 saturated carbocycles. The van der Waals surface area contributed by atoms with Gasteiger partial charge in [0.25, 0.3) is 5.91 Å². The number of hydrogen-bond donors (Lipinski definition) is 0. The Hall–Kier alpha value is -1.59. The van der Waals surface area contributed by atoms with Gasteiger partial charge in [-0.05, 0) is 38.0 Å². The van der Waals surface area contributed by atoms with Gasteiger partial charge in [0.1, 0.15) is 12.7 Å². The largest absolute Gasteiger partial charge is 0.458 e. The van der Waals surface area contributed by atoms with Crippen LogP contribution in [0.1, 0.15) is 18.1 Å². The number of amides is 1. The number of carbonyl (C=O) groups is 2. The number of methoxy groups -OCH3 is 1. The van der Waals surface area contributed by atoms with Crippen LogP contribution in [0.5, 0.6) is 0 Å². The molecule has 1 aliphatic rings. The van der Waals surface area contributed by atoms with E-state index >= 15 is 0 Å². The number of rotatable bonds is 4. The van der Waals surface area contributed by atoms with Gasteiger partial charge >= 0.3 is 5.97 Å². The van der Waals surface area contributed by atoms with Gasteiger partial charge in [-0.1, -0.05) is 17.7 Å². The summed E-state index contributed by atoms with van der Waals surface area (Å²) in [7, 11) is 1.44. The lowest BCUT2D eigenvalue weighted by Crippen LogP contribution is -2.61. The quantitative estimate of drug-likeness (QED) is 0.800. The fraction of sp³-hybridized carbons (Fsp3) is 0.467. The molecule has 1 amide bonds. The number of benzene rings is 1. The molecule has 114 valence electrons. The van der Waals surface area contributed by atoms with Crippen LogP contribution < -0.4 is 4.90 Å². The van der Waals surface area contributed by atoms with Crippen molar-refractivity contribution in [3.63, 3.8) is 0 Å². The number of aryl methyl sites for hydroxylation is 1. The van der Waals surface area contributed by atoms with Crippen molar-refractivity contribution in [1.29, 1.82) is 0 Å². The van der Waals surface area contributed by atoms with Crippen molar-refractivity contribution in [1.82, 2.24) is 0 Å². The highest BCUT2D eigenvalue weighted by atomic mass is 35.5. The summed E-state index contributed by atoms with van der Waals surface area (Å²) < 4.78 is 9.91. The SMILES string of the molecule is COCC(=O)N(c1c(C)ccc(Cl)c1C)C1C(=O)OC1C. The van der Waals surface area contributed by atoms with E-state index in [-0.39, 0.29) is 18.6 Å². The highest BCUT2D eigenvalue weighted by Gasteiger charge is 2.47. The zero-order valence-electron chi connectivity index (χ0n) is 12.5. The number of halogens is 1. The van der Waals surface area contributed by atoms with Gasteiger partial charge < -0.3 is 9.47 Å². The van der Waals surface area contributed by atoms with Gasteiger partial charge in [-0.25, -0.2) is 4.79 Å². The normalized spacial score (nSPS) is 20.7. The second kappa shape index (κ2) is 6.03. The lowest BCUT2D eigenvalue weighted by Gasteiger charge is -2.41. The summed E-state index contributed by atoms with van der Waals surface area (Å²) in [6.07, 6.45) is -0.351. The summed E-state index contributed by atoms with van der Waals surface area (Å²) >= 11 is 6.16. The van der Waals surface area contributed by atoms with Crippen LogP contribution in [0.4, 0.5) is 5.69 Å². The molecule has 1 fully saturated rings. The smallest absolute Gasteiger partial charge is 0.333 e. The predicted octanol–water partition coefficient (Wildman–Crippen LogP) is 2.25. The van der Waals surface area contributed by atoms with E-state index in [9.17, 15) is 9.59 Å². The van der Waals surface area contributed by atoms with Crippen molar-refractivity contribution in [3.05, 3.63) is 28.3 Å². The van der Waals surface area contributed by atoms with Crippen LogP contribution in [0.25, 0.3) is 0 Å². The third-order valence-corrected chi connectivity index (χ3v) is 4.02. The second-order valence-corrected chi connectivity index (χ2v) is 5.53. The molecule has 1 aliphatic heterocycles. The van der Waals surface area contributed by atoms with Crippen molar-refractivity contribution in [2.24, 2.45) is 0 Å². The van der Waals surface area contributed by atoms with Gasteiger partial charge in [0.2, 0.25) is 0 Å². The molecule has 21 heavy (non-hydrogen) atoms. The topological polar surface area (TPSA) is 55.8 Å². The van der Waals surface area contributed by atoms with Gasteiger partial charge in [-0.15, -0.1) is 0 Å². The van der Waals surface area contributed by atoms with E-state index < -0.39 is 12.0 Å². The standard InChI is InChI=1S/C15H18ClNO4/c1-8-5-6-11(16)9(2)13(8)17(12(18)7-20-4)14-10(3)21-15(14)19/h5-6,10,14H,7H2,1-4H3. The summed E-state index contributed by atoms with van der Waals surface area (Å²) in [5.74, 6) is -0.704. The number of esters is 1. The Balaban J connectivity index is 2.53. The number of anilines is 1. The Morgan fingerprint density at radius 2 is 2.10 bits per heavy atom. The molecular weight excluding hydrogens is 294 g/mol. The fourth-order valence-corrected chi connectivity index (χ4v) is 2.70. The van der Waals surface area contributed by atoms with Gasteiger partial charge in [0, 0.05) is 12.1 Å². The van der Waals surface area contributed by atoms with E-state index in [1.165, 1.54) is 12.0 Å². The number of ether oxygens (including phenoxy) is 2. The van der Waals surface area contributed by atoms with Crippen molar-refractivity contribution in [2.45, 2.75) is 32.9 Å². The molecule has 5 nitrogen and oxygen atoms in total. The zero-order chi connectivity index (χ0) is 15.7. The first-order valence-corrected chi connectivity index (χ1v) is 7.03. The van der Waals surface area contributed by atoms with Crippen LogP contribution in [0.3, 0.4) is 0 Å². The van der Waals surface area contributed by atoms with Crippen molar-refractivity contribution in [3.8, 4) is 0 Å². The molecule has 0 aromatic heterocycles. The van der Waals surface area contributed by atoms with Crippen molar-refractivity contribution < 1.29 is 19.1 Å². The van der Waals surface area contributed by atoms with Gasteiger partial charge in [-0.2, -0.15) is 0 Å². The summed E-state index contributed by atoms with van der Waals surface area (Å²) in [5, 5.41) is 0.547. The lowest BCUT2D eigenvalue weighted by molar-refractivity contribution is -0.173. The number of hydrogen-bond acceptors (Lipinski definition) is 4. The maximum Gasteiger partial charge on any atom is 0.333 e. The minimum Gasteiger partial charge on any atom is -0.458 e. The van der Waals surface area contributed by atoms with E-state index in [1.54, 1.807) is 13.0 Å². The number of nitrogens with zero attached hydrogens (tertiary/aromatic N) is 1. The van der Waals surface area contributed by atoms with Crippen LogP contribution in [-0.4, -0.2) is 37.7 Å². The maximum absolute atomic E-state index is 12.4. The molecule has 0 radical (unpaired) electrons. The Bertz CT molecular complexity index is 587. The van der Waals surface area contributed by atoms with Gasteiger partial charge in [-0.3, -0.25) is 9.69 Å². The molecule has 6 heteroatoms. The average Bonchev–Trinajstić information content (AvgIpc) is 2.42. The van der Waals surface area contributed by atoms with Crippen LogP contribution in [0, 0.1) is 13.8 Å². The van der Waals surface area contributed by atoms with Crippen LogP contribution in [-0.2, 0) is 19.1 Å². The third kappa shape index (κ3) is 2.76. The molecule has 2 atom stereocenters. The Morgan fingerprint density at radius 1 is 1.43 bits per heavy atom. The molecule has 1 saturated heterocycles. The summed E-state index contributed by atoms with van der Waals surface area (Å²) in [6, 6.07) is 2.97. The fourth-order valence-electron chi connectivity index (χ4n) is 2.55. The molecule has 2 rings (SSSR count). The average molecular weight is 312 g/mol. The highest BCUT2D eigenvalue weighted by molar-refractivity contribution is 6.32. The van der Waals surface area contributed by atoms with Crippen LogP contribution in [0.2, 0.25) is 5.02 Å². The van der Waals surface area contributed by atoms with Crippen LogP contribution >= 0.6 is 11.6 Å². The number of cyclic esters (lactones) is 1. The summed E-state index contributed by atoms with van der Waals surface area (Å²) in [4.78, 5) is 25.7. The predicted molar refractivity (Wildman–Crippen MR) is 79.6 cm³/mol. The van der Waals surface area contributed by atoms with E-state index in [0.717, 1.165) is 11.1 Å². The Kier molecular flexibility index (Phi) is 4.54. The first-order valence-electron chi connectivity index (χ1n) is 6.65. The molecule has 1 heterocycles. The lowest BCUT2D eigenvalue weighted by atomic mass is 10.0. The number of carbonyl (C=O) groups excluding carboxylic acids is 2. The molecule has 0 N–H and O–H groups in total. The molecular formula is C15H18ClNO4. The van der Waals surface area contributed by atoms with Gasteiger partial charge in [0.15, 0.2) is 6.04 Å². The van der Waals surface area contributed by atoms with E-state index in [4.69, 9.17) is 21.1 Å².